The lowest BCUT2D eigenvalue weighted by Gasteiger charge is -2.14. The first-order valence-corrected chi connectivity index (χ1v) is 7.87. The van der Waals surface area contributed by atoms with E-state index in [0.717, 1.165) is 17.0 Å². The van der Waals surface area contributed by atoms with Crippen LogP contribution in [-0.4, -0.2) is 64.2 Å². The number of guanidine groups is 1. The Morgan fingerprint density at radius 2 is 1.96 bits per heavy atom. The number of ether oxygens (including phenoxy) is 1. The fourth-order valence-electron chi connectivity index (χ4n) is 1.75. The lowest BCUT2D eigenvalue weighted by Crippen LogP contribution is -2.40. The molecule has 0 atom stereocenters. The zero-order chi connectivity index (χ0) is 17.1. The number of methoxy groups -OCH3 is 1. The number of carbonyl (C=O) groups excluding carboxylic acids is 1. The van der Waals surface area contributed by atoms with Crippen molar-refractivity contribution in [2.45, 2.75) is 6.42 Å². The molecule has 0 aliphatic rings. The van der Waals surface area contributed by atoms with E-state index in [9.17, 15) is 4.79 Å². The molecule has 1 aromatic rings. The third kappa shape index (κ3) is 7.85. The largest absolute Gasteiger partial charge is 0.383 e. The van der Waals surface area contributed by atoms with Crippen LogP contribution in [0.3, 0.4) is 0 Å². The average Bonchev–Trinajstić information content (AvgIpc) is 2.53. The Labute approximate surface area is 142 Å². The van der Waals surface area contributed by atoms with Gasteiger partial charge in [-0.1, -0.05) is 29.8 Å². The summed E-state index contributed by atoms with van der Waals surface area (Å²) in [5, 5.41) is 7.08. The second-order valence-corrected chi connectivity index (χ2v) is 5.55. The van der Waals surface area contributed by atoms with Crippen LogP contribution < -0.4 is 10.6 Å². The van der Waals surface area contributed by atoms with Crippen molar-refractivity contribution in [1.82, 2.24) is 15.5 Å². The Morgan fingerprint density at radius 3 is 2.61 bits per heavy atom. The number of halogens is 1. The Bertz CT molecular complexity index is 521. The highest BCUT2D eigenvalue weighted by molar-refractivity contribution is 6.31. The number of hydrogen-bond donors (Lipinski definition) is 2. The predicted octanol–water partition coefficient (Wildman–Crippen LogP) is 1.15. The van der Waals surface area contributed by atoms with Gasteiger partial charge in [0.15, 0.2) is 5.96 Å². The molecule has 0 spiro atoms. The Kier molecular flexibility index (Phi) is 9.09. The van der Waals surface area contributed by atoms with Gasteiger partial charge in [0.2, 0.25) is 5.91 Å². The summed E-state index contributed by atoms with van der Waals surface area (Å²) in [5.74, 6) is 0.535. The van der Waals surface area contributed by atoms with Gasteiger partial charge in [-0.2, -0.15) is 0 Å². The number of rotatable bonds is 8. The van der Waals surface area contributed by atoms with Gasteiger partial charge in [-0.3, -0.25) is 4.79 Å². The molecular weight excluding hydrogens is 316 g/mol. The molecule has 0 saturated carbocycles. The molecule has 0 aliphatic carbocycles. The van der Waals surface area contributed by atoms with Crippen LogP contribution in [0.2, 0.25) is 5.02 Å². The summed E-state index contributed by atoms with van der Waals surface area (Å²) >= 11 is 6.14. The summed E-state index contributed by atoms with van der Waals surface area (Å²) < 4.78 is 5.01. The van der Waals surface area contributed by atoms with E-state index in [1.807, 2.05) is 24.3 Å². The standard InChI is InChI=1S/C16H25ClN4O2/c1-21(2)15(22)12-20-16(19-10-11-23-3)18-9-8-13-6-4-5-7-14(13)17/h4-7H,8-12H2,1-3H3,(H2,18,19,20). The Balaban J connectivity index is 2.53. The Hall–Kier alpha value is -1.79. The topological polar surface area (TPSA) is 66.0 Å². The SMILES string of the molecule is COCCNC(=NCC(=O)N(C)C)NCCc1ccccc1Cl. The molecule has 0 radical (unpaired) electrons. The molecule has 7 heteroatoms. The van der Waals surface area contributed by atoms with E-state index in [1.165, 1.54) is 4.90 Å². The molecule has 0 unspecified atom stereocenters. The number of amides is 1. The summed E-state index contributed by atoms with van der Waals surface area (Å²) in [6, 6.07) is 7.74. The molecule has 2 N–H and O–H groups in total. The van der Waals surface area contributed by atoms with Gasteiger partial charge in [0, 0.05) is 39.3 Å². The van der Waals surface area contributed by atoms with Crippen LogP contribution in [0.25, 0.3) is 0 Å². The van der Waals surface area contributed by atoms with E-state index >= 15 is 0 Å². The first-order valence-electron chi connectivity index (χ1n) is 7.49. The van der Waals surface area contributed by atoms with Crippen molar-refractivity contribution in [2.75, 3.05) is 47.4 Å². The summed E-state index contributed by atoms with van der Waals surface area (Å²) in [6.45, 7) is 1.94. The quantitative estimate of drug-likeness (QED) is 0.423. The van der Waals surface area contributed by atoms with E-state index in [2.05, 4.69) is 15.6 Å². The number of aliphatic imine (C=N–C) groups is 1. The van der Waals surface area contributed by atoms with Gasteiger partial charge < -0.3 is 20.3 Å². The highest BCUT2D eigenvalue weighted by Gasteiger charge is 2.05. The maximum atomic E-state index is 11.6. The van der Waals surface area contributed by atoms with Crippen molar-refractivity contribution in [3.63, 3.8) is 0 Å². The van der Waals surface area contributed by atoms with Crippen molar-refractivity contribution in [3.05, 3.63) is 34.9 Å². The number of nitrogens with one attached hydrogen (secondary N) is 2. The molecule has 0 saturated heterocycles. The Morgan fingerprint density at radius 1 is 1.26 bits per heavy atom. The number of carbonyl (C=O) groups is 1. The molecule has 1 aromatic carbocycles. The molecule has 1 amide bonds. The van der Waals surface area contributed by atoms with Crippen molar-refractivity contribution in [2.24, 2.45) is 4.99 Å². The van der Waals surface area contributed by atoms with Crippen LogP contribution in [0.15, 0.2) is 29.3 Å². The van der Waals surface area contributed by atoms with E-state index in [1.54, 1.807) is 21.2 Å². The van der Waals surface area contributed by atoms with Gasteiger partial charge in [-0.05, 0) is 18.1 Å². The zero-order valence-electron chi connectivity index (χ0n) is 13.9. The van der Waals surface area contributed by atoms with E-state index in [0.29, 0.717) is 25.7 Å². The van der Waals surface area contributed by atoms with Crippen LogP contribution in [0.4, 0.5) is 0 Å². The third-order valence-corrected chi connectivity index (χ3v) is 3.48. The van der Waals surface area contributed by atoms with Gasteiger partial charge in [0.25, 0.3) is 0 Å². The zero-order valence-corrected chi connectivity index (χ0v) is 14.7. The third-order valence-electron chi connectivity index (χ3n) is 3.11. The lowest BCUT2D eigenvalue weighted by molar-refractivity contribution is -0.127. The van der Waals surface area contributed by atoms with Gasteiger partial charge in [-0.15, -0.1) is 0 Å². The number of nitrogens with zero attached hydrogens (tertiary/aromatic N) is 2. The summed E-state index contributed by atoms with van der Waals surface area (Å²) in [6.07, 6.45) is 0.770. The van der Waals surface area contributed by atoms with Crippen molar-refractivity contribution in [1.29, 1.82) is 0 Å². The molecule has 0 fully saturated rings. The molecule has 128 valence electrons. The predicted molar refractivity (Wildman–Crippen MR) is 94.0 cm³/mol. The molecule has 0 bridgehead atoms. The lowest BCUT2D eigenvalue weighted by atomic mass is 10.1. The maximum absolute atomic E-state index is 11.6. The summed E-state index contributed by atoms with van der Waals surface area (Å²) in [7, 11) is 5.06. The molecule has 0 aliphatic heterocycles. The van der Waals surface area contributed by atoms with E-state index in [4.69, 9.17) is 16.3 Å². The fourth-order valence-corrected chi connectivity index (χ4v) is 1.98. The van der Waals surface area contributed by atoms with Crippen LogP contribution >= 0.6 is 11.6 Å². The van der Waals surface area contributed by atoms with Crippen LogP contribution in [-0.2, 0) is 16.0 Å². The molecule has 6 nitrogen and oxygen atoms in total. The van der Waals surface area contributed by atoms with Gasteiger partial charge in [-0.25, -0.2) is 4.99 Å². The smallest absolute Gasteiger partial charge is 0.243 e. The van der Waals surface area contributed by atoms with Crippen LogP contribution in [0.5, 0.6) is 0 Å². The number of likely N-dealkylation sites (N-methyl/N-ethyl adjacent to an activating group) is 1. The molecule has 0 heterocycles. The van der Waals surface area contributed by atoms with E-state index in [-0.39, 0.29) is 12.5 Å². The first-order chi connectivity index (χ1) is 11.0. The number of benzene rings is 1. The first kappa shape index (κ1) is 19.3. The molecular formula is C16H25ClN4O2. The van der Waals surface area contributed by atoms with Crippen LogP contribution in [0, 0.1) is 0 Å². The molecule has 23 heavy (non-hydrogen) atoms. The van der Waals surface area contributed by atoms with Crippen LogP contribution in [0.1, 0.15) is 5.56 Å². The normalized spacial score (nSPS) is 11.2. The van der Waals surface area contributed by atoms with Gasteiger partial charge in [0.1, 0.15) is 6.54 Å². The molecule has 1 rings (SSSR count). The van der Waals surface area contributed by atoms with E-state index < -0.39 is 0 Å². The fraction of sp³-hybridized carbons (Fsp3) is 0.500. The van der Waals surface area contributed by atoms with Gasteiger partial charge in [0.05, 0.1) is 6.61 Å². The highest BCUT2D eigenvalue weighted by Crippen LogP contribution is 2.14. The highest BCUT2D eigenvalue weighted by atomic mass is 35.5. The number of hydrogen-bond acceptors (Lipinski definition) is 3. The second-order valence-electron chi connectivity index (χ2n) is 5.14. The minimum Gasteiger partial charge on any atom is -0.383 e. The summed E-state index contributed by atoms with van der Waals surface area (Å²) in [4.78, 5) is 17.4. The minimum absolute atomic E-state index is 0.0519. The van der Waals surface area contributed by atoms with Crippen molar-refractivity contribution >= 4 is 23.5 Å². The van der Waals surface area contributed by atoms with Crippen molar-refractivity contribution < 1.29 is 9.53 Å². The second kappa shape index (κ2) is 10.9. The molecule has 0 aromatic heterocycles. The van der Waals surface area contributed by atoms with Crippen molar-refractivity contribution in [3.8, 4) is 0 Å². The van der Waals surface area contributed by atoms with Gasteiger partial charge >= 0.3 is 0 Å². The maximum Gasteiger partial charge on any atom is 0.243 e. The summed E-state index contributed by atoms with van der Waals surface area (Å²) in [5.41, 5.74) is 1.07. The monoisotopic (exact) mass is 340 g/mol. The average molecular weight is 341 g/mol. The minimum atomic E-state index is -0.0519.